The highest BCUT2D eigenvalue weighted by molar-refractivity contribution is 9.10. The largest absolute Gasteiger partial charge is 0.381 e. The predicted molar refractivity (Wildman–Crippen MR) is 77.6 cm³/mol. The van der Waals surface area contributed by atoms with Crippen LogP contribution in [0.4, 0.5) is 10.1 Å². The first-order valence-corrected chi connectivity index (χ1v) is 6.67. The number of anilines is 1. The standard InChI is InChI=1S/C14H12BrClFN/c1-9-2-5-12(7-14(9)16)18-8-10-3-4-11(17)6-13(10)15/h2-7,18H,8H2,1H3. The predicted octanol–water partition coefficient (Wildman–Crippen LogP) is 5.16. The molecular weight excluding hydrogens is 317 g/mol. The first-order valence-electron chi connectivity index (χ1n) is 5.50. The van der Waals surface area contributed by atoms with Crippen LogP contribution < -0.4 is 5.32 Å². The van der Waals surface area contributed by atoms with Crippen molar-refractivity contribution in [1.29, 1.82) is 0 Å². The average molecular weight is 329 g/mol. The van der Waals surface area contributed by atoms with Crippen molar-refractivity contribution in [2.75, 3.05) is 5.32 Å². The third-order valence-corrected chi connectivity index (χ3v) is 3.82. The van der Waals surface area contributed by atoms with Crippen molar-refractivity contribution in [1.82, 2.24) is 0 Å². The Bertz CT molecular complexity index is 572. The molecular formula is C14H12BrClFN. The highest BCUT2D eigenvalue weighted by Crippen LogP contribution is 2.22. The Hall–Kier alpha value is -1.06. The van der Waals surface area contributed by atoms with Gasteiger partial charge in [-0.2, -0.15) is 0 Å². The Kier molecular flexibility index (Phi) is 4.25. The smallest absolute Gasteiger partial charge is 0.124 e. The van der Waals surface area contributed by atoms with Crippen LogP contribution in [0.1, 0.15) is 11.1 Å². The number of benzene rings is 2. The van der Waals surface area contributed by atoms with Gasteiger partial charge in [0.15, 0.2) is 0 Å². The van der Waals surface area contributed by atoms with Crippen molar-refractivity contribution < 1.29 is 4.39 Å². The summed E-state index contributed by atoms with van der Waals surface area (Å²) in [7, 11) is 0. The molecule has 0 aliphatic heterocycles. The van der Waals surface area contributed by atoms with Gasteiger partial charge in [-0.3, -0.25) is 0 Å². The van der Waals surface area contributed by atoms with Crippen molar-refractivity contribution in [3.05, 3.63) is 62.8 Å². The van der Waals surface area contributed by atoms with Crippen LogP contribution in [0.5, 0.6) is 0 Å². The molecule has 2 aromatic rings. The summed E-state index contributed by atoms with van der Waals surface area (Å²) in [5.74, 6) is -0.246. The van der Waals surface area contributed by atoms with E-state index >= 15 is 0 Å². The highest BCUT2D eigenvalue weighted by Gasteiger charge is 2.02. The second-order valence-electron chi connectivity index (χ2n) is 4.05. The monoisotopic (exact) mass is 327 g/mol. The minimum absolute atomic E-state index is 0.246. The maximum absolute atomic E-state index is 12.9. The second kappa shape index (κ2) is 5.72. The lowest BCUT2D eigenvalue weighted by Gasteiger charge is -2.09. The molecule has 2 aromatic carbocycles. The molecule has 0 aliphatic carbocycles. The van der Waals surface area contributed by atoms with Gasteiger partial charge in [-0.1, -0.05) is 39.7 Å². The van der Waals surface area contributed by atoms with Gasteiger partial charge in [0.25, 0.3) is 0 Å². The van der Waals surface area contributed by atoms with E-state index in [1.807, 2.05) is 25.1 Å². The van der Waals surface area contributed by atoms with E-state index < -0.39 is 0 Å². The molecule has 0 spiro atoms. The summed E-state index contributed by atoms with van der Waals surface area (Å²) in [6.45, 7) is 2.57. The van der Waals surface area contributed by atoms with Gasteiger partial charge in [-0.15, -0.1) is 0 Å². The quantitative estimate of drug-likeness (QED) is 0.820. The summed E-state index contributed by atoms with van der Waals surface area (Å²) in [5.41, 5.74) is 2.99. The third-order valence-electron chi connectivity index (χ3n) is 2.67. The van der Waals surface area contributed by atoms with Crippen LogP contribution in [0.2, 0.25) is 5.02 Å². The van der Waals surface area contributed by atoms with Crippen molar-refractivity contribution >= 4 is 33.2 Å². The van der Waals surface area contributed by atoms with E-state index in [9.17, 15) is 4.39 Å². The lowest BCUT2D eigenvalue weighted by atomic mass is 10.2. The van der Waals surface area contributed by atoms with E-state index in [0.29, 0.717) is 6.54 Å². The molecule has 18 heavy (non-hydrogen) atoms. The van der Waals surface area contributed by atoms with E-state index in [4.69, 9.17) is 11.6 Å². The van der Waals surface area contributed by atoms with Crippen LogP contribution in [-0.4, -0.2) is 0 Å². The molecule has 0 saturated heterocycles. The maximum atomic E-state index is 12.9. The molecule has 0 fully saturated rings. The zero-order chi connectivity index (χ0) is 13.1. The normalized spacial score (nSPS) is 10.4. The van der Waals surface area contributed by atoms with Gasteiger partial charge < -0.3 is 5.32 Å². The fourth-order valence-corrected chi connectivity index (χ4v) is 2.24. The van der Waals surface area contributed by atoms with Gasteiger partial charge in [0.05, 0.1) is 0 Å². The first-order chi connectivity index (χ1) is 8.56. The lowest BCUT2D eigenvalue weighted by Crippen LogP contribution is -2.00. The Balaban J connectivity index is 2.09. The second-order valence-corrected chi connectivity index (χ2v) is 5.31. The van der Waals surface area contributed by atoms with Crippen LogP contribution in [0.3, 0.4) is 0 Å². The third kappa shape index (κ3) is 3.24. The SMILES string of the molecule is Cc1ccc(NCc2ccc(F)cc2Br)cc1Cl. The minimum atomic E-state index is -0.246. The average Bonchev–Trinajstić information content (AvgIpc) is 2.32. The van der Waals surface area contributed by atoms with E-state index in [1.165, 1.54) is 12.1 Å². The summed E-state index contributed by atoms with van der Waals surface area (Å²) in [6.07, 6.45) is 0. The highest BCUT2D eigenvalue weighted by atomic mass is 79.9. The molecule has 1 N–H and O–H groups in total. The number of aryl methyl sites for hydroxylation is 1. The molecule has 0 aliphatic rings. The lowest BCUT2D eigenvalue weighted by molar-refractivity contribution is 0.626. The molecule has 0 heterocycles. The maximum Gasteiger partial charge on any atom is 0.124 e. The van der Waals surface area contributed by atoms with Gasteiger partial charge in [0.2, 0.25) is 0 Å². The Morgan fingerprint density at radius 2 is 2.00 bits per heavy atom. The Morgan fingerprint density at radius 3 is 2.67 bits per heavy atom. The van der Waals surface area contributed by atoms with Gasteiger partial charge in [-0.05, 0) is 42.3 Å². The van der Waals surface area contributed by atoms with Crippen LogP contribution in [0, 0.1) is 12.7 Å². The summed E-state index contributed by atoms with van der Waals surface area (Å²) in [5, 5.41) is 3.99. The molecule has 4 heteroatoms. The van der Waals surface area contributed by atoms with Crippen LogP contribution in [0.15, 0.2) is 40.9 Å². The van der Waals surface area contributed by atoms with Crippen molar-refractivity contribution in [3.63, 3.8) is 0 Å². The van der Waals surface area contributed by atoms with Gasteiger partial charge >= 0.3 is 0 Å². The van der Waals surface area contributed by atoms with Crippen LogP contribution in [-0.2, 0) is 6.54 Å². The van der Waals surface area contributed by atoms with Gasteiger partial charge in [0.1, 0.15) is 5.82 Å². The van der Waals surface area contributed by atoms with E-state index in [1.54, 1.807) is 6.07 Å². The number of hydrogen-bond acceptors (Lipinski definition) is 1. The molecule has 94 valence electrons. The Morgan fingerprint density at radius 1 is 1.22 bits per heavy atom. The number of nitrogens with one attached hydrogen (secondary N) is 1. The number of halogens is 3. The molecule has 0 amide bonds. The van der Waals surface area contributed by atoms with E-state index in [0.717, 1.165) is 26.3 Å². The van der Waals surface area contributed by atoms with Gasteiger partial charge in [0, 0.05) is 21.7 Å². The molecule has 0 unspecified atom stereocenters. The summed E-state index contributed by atoms with van der Waals surface area (Å²) >= 11 is 9.39. The molecule has 0 saturated carbocycles. The molecule has 0 aromatic heterocycles. The molecule has 0 bridgehead atoms. The molecule has 1 nitrogen and oxygen atoms in total. The fourth-order valence-electron chi connectivity index (χ4n) is 1.57. The Labute approximate surface area is 119 Å². The van der Waals surface area contributed by atoms with Crippen LogP contribution in [0.25, 0.3) is 0 Å². The number of rotatable bonds is 3. The molecule has 2 rings (SSSR count). The molecule has 0 atom stereocenters. The first kappa shape index (κ1) is 13.4. The van der Waals surface area contributed by atoms with Gasteiger partial charge in [-0.25, -0.2) is 4.39 Å². The zero-order valence-corrected chi connectivity index (χ0v) is 12.1. The fraction of sp³-hybridized carbons (Fsp3) is 0.143. The summed E-state index contributed by atoms with van der Waals surface area (Å²) in [4.78, 5) is 0. The van der Waals surface area contributed by atoms with E-state index in [2.05, 4.69) is 21.2 Å². The van der Waals surface area contributed by atoms with Crippen molar-refractivity contribution in [2.45, 2.75) is 13.5 Å². The topological polar surface area (TPSA) is 12.0 Å². The van der Waals surface area contributed by atoms with Crippen molar-refractivity contribution in [2.24, 2.45) is 0 Å². The summed E-state index contributed by atoms with van der Waals surface area (Å²) < 4.78 is 13.7. The summed E-state index contributed by atoms with van der Waals surface area (Å²) in [6, 6.07) is 10.5. The minimum Gasteiger partial charge on any atom is -0.381 e. The zero-order valence-electron chi connectivity index (χ0n) is 9.81. The molecule has 0 radical (unpaired) electrons. The number of hydrogen-bond donors (Lipinski definition) is 1. The van der Waals surface area contributed by atoms with Crippen LogP contribution >= 0.6 is 27.5 Å². The van der Waals surface area contributed by atoms with E-state index in [-0.39, 0.29) is 5.82 Å². The van der Waals surface area contributed by atoms with Crippen molar-refractivity contribution in [3.8, 4) is 0 Å².